The molecule has 0 aliphatic heterocycles. The highest BCUT2D eigenvalue weighted by Gasteiger charge is 2.03. The summed E-state index contributed by atoms with van der Waals surface area (Å²) in [6, 6.07) is 9.33. The van der Waals surface area contributed by atoms with Gasteiger partial charge in [0.1, 0.15) is 5.75 Å². The summed E-state index contributed by atoms with van der Waals surface area (Å²) >= 11 is 3.40. The van der Waals surface area contributed by atoms with Gasteiger partial charge in [-0.05, 0) is 42.3 Å². The molecule has 0 atom stereocenters. The molecule has 1 N–H and O–H groups in total. The normalized spacial score (nSPS) is 10.3. The van der Waals surface area contributed by atoms with E-state index in [-0.39, 0.29) is 6.61 Å². The van der Waals surface area contributed by atoms with Crippen LogP contribution in [-0.2, 0) is 6.61 Å². The third-order valence-electron chi connectivity index (χ3n) is 2.33. The molecule has 2 rings (SSSR count). The monoisotopic (exact) mass is 293 g/mol. The van der Waals surface area contributed by atoms with Crippen molar-refractivity contribution in [2.75, 3.05) is 0 Å². The Kier molecular flexibility index (Phi) is 3.76. The van der Waals surface area contributed by atoms with Crippen LogP contribution in [0.5, 0.6) is 11.6 Å². The number of hydrogen-bond donors (Lipinski definition) is 1. The second kappa shape index (κ2) is 5.29. The van der Waals surface area contributed by atoms with Gasteiger partial charge in [-0.25, -0.2) is 4.98 Å². The van der Waals surface area contributed by atoms with Gasteiger partial charge in [-0.1, -0.05) is 15.9 Å². The van der Waals surface area contributed by atoms with Crippen LogP contribution in [0.4, 0.5) is 0 Å². The van der Waals surface area contributed by atoms with Gasteiger partial charge in [-0.15, -0.1) is 0 Å². The van der Waals surface area contributed by atoms with Gasteiger partial charge in [0.2, 0.25) is 5.88 Å². The van der Waals surface area contributed by atoms with Crippen LogP contribution in [0.3, 0.4) is 0 Å². The van der Waals surface area contributed by atoms with E-state index in [2.05, 4.69) is 20.9 Å². The average molecular weight is 294 g/mol. The molecule has 0 spiro atoms. The van der Waals surface area contributed by atoms with E-state index in [1.54, 1.807) is 18.3 Å². The van der Waals surface area contributed by atoms with Crippen LogP contribution in [0, 0.1) is 6.92 Å². The highest BCUT2D eigenvalue weighted by Crippen LogP contribution is 2.26. The van der Waals surface area contributed by atoms with E-state index in [4.69, 9.17) is 9.84 Å². The molecule has 0 aliphatic rings. The zero-order valence-electron chi connectivity index (χ0n) is 9.35. The molecule has 88 valence electrons. The number of benzene rings is 1. The predicted octanol–water partition coefficient (Wildman–Crippen LogP) is 3.44. The summed E-state index contributed by atoms with van der Waals surface area (Å²) < 4.78 is 6.67. The van der Waals surface area contributed by atoms with Crippen LogP contribution in [-0.4, -0.2) is 10.1 Å². The highest BCUT2D eigenvalue weighted by molar-refractivity contribution is 9.10. The fraction of sp³-hybridized carbons (Fsp3) is 0.154. The van der Waals surface area contributed by atoms with E-state index in [1.807, 2.05) is 25.1 Å². The summed E-state index contributed by atoms with van der Waals surface area (Å²) in [7, 11) is 0. The Labute approximate surface area is 108 Å². The minimum atomic E-state index is -0.00933. The Morgan fingerprint density at radius 1 is 1.29 bits per heavy atom. The first-order chi connectivity index (χ1) is 8.19. The fourth-order valence-electron chi connectivity index (χ4n) is 1.40. The molecule has 2 aromatic rings. The maximum Gasteiger partial charge on any atom is 0.219 e. The molecule has 0 amide bonds. The quantitative estimate of drug-likeness (QED) is 0.943. The smallest absolute Gasteiger partial charge is 0.219 e. The number of aliphatic hydroxyl groups excluding tert-OH is 1. The van der Waals surface area contributed by atoms with Crippen molar-refractivity contribution in [3.05, 3.63) is 52.1 Å². The molecule has 3 nitrogen and oxygen atoms in total. The molecular formula is C13H12BrNO2. The zero-order chi connectivity index (χ0) is 12.3. The van der Waals surface area contributed by atoms with Crippen LogP contribution < -0.4 is 4.74 Å². The predicted molar refractivity (Wildman–Crippen MR) is 69.1 cm³/mol. The maximum atomic E-state index is 8.91. The summed E-state index contributed by atoms with van der Waals surface area (Å²) in [6.45, 7) is 1.97. The molecule has 1 heterocycles. The molecule has 0 fully saturated rings. The van der Waals surface area contributed by atoms with Crippen LogP contribution in [0.25, 0.3) is 0 Å². The van der Waals surface area contributed by atoms with Crippen LogP contribution in [0.2, 0.25) is 0 Å². The van der Waals surface area contributed by atoms with Crippen molar-refractivity contribution in [3.63, 3.8) is 0 Å². The number of rotatable bonds is 3. The van der Waals surface area contributed by atoms with Gasteiger partial charge in [-0.3, -0.25) is 0 Å². The Balaban J connectivity index is 2.19. The Morgan fingerprint density at radius 3 is 2.71 bits per heavy atom. The summed E-state index contributed by atoms with van der Waals surface area (Å²) in [4.78, 5) is 4.11. The molecule has 0 saturated heterocycles. The van der Waals surface area contributed by atoms with E-state index in [0.717, 1.165) is 21.3 Å². The number of halogens is 1. The Bertz CT molecular complexity index is 511. The fourth-order valence-corrected chi connectivity index (χ4v) is 1.88. The van der Waals surface area contributed by atoms with E-state index >= 15 is 0 Å². The number of pyridine rings is 1. The second-order valence-corrected chi connectivity index (χ2v) is 4.59. The SMILES string of the molecule is Cc1cc(Br)ccc1Oc1ccc(CO)cn1. The van der Waals surface area contributed by atoms with Crippen molar-refractivity contribution in [1.29, 1.82) is 0 Å². The lowest BCUT2D eigenvalue weighted by Crippen LogP contribution is -1.91. The van der Waals surface area contributed by atoms with Crippen molar-refractivity contribution in [2.24, 2.45) is 0 Å². The third-order valence-corrected chi connectivity index (χ3v) is 2.82. The summed E-state index contributed by atoms with van der Waals surface area (Å²) in [5.74, 6) is 1.30. The lowest BCUT2D eigenvalue weighted by molar-refractivity contribution is 0.281. The molecule has 0 aliphatic carbocycles. The molecule has 0 saturated carbocycles. The summed E-state index contributed by atoms with van der Waals surface area (Å²) in [5, 5.41) is 8.91. The molecule has 0 radical (unpaired) electrons. The van der Waals surface area contributed by atoms with Crippen molar-refractivity contribution < 1.29 is 9.84 Å². The highest BCUT2D eigenvalue weighted by atomic mass is 79.9. The minimum Gasteiger partial charge on any atom is -0.439 e. The van der Waals surface area contributed by atoms with Gasteiger partial charge in [0.15, 0.2) is 0 Å². The number of ether oxygens (including phenoxy) is 1. The lowest BCUT2D eigenvalue weighted by atomic mass is 10.2. The van der Waals surface area contributed by atoms with E-state index in [9.17, 15) is 0 Å². The van der Waals surface area contributed by atoms with Crippen molar-refractivity contribution >= 4 is 15.9 Å². The average Bonchev–Trinajstić information content (AvgIpc) is 2.34. The van der Waals surface area contributed by atoms with Gasteiger partial charge in [0, 0.05) is 16.7 Å². The Morgan fingerprint density at radius 2 is 2.12 bits per heavy atom. The number of aromatic nitrogens is 1. The second-order valence-electron chi connectivity index (χ2n) is 3.67. The van der Waals surface area contributed by atoms with Crippen molar-refractivity contribution in [1.82, 2.24) is 4.98 Å². The first-order valence-electron chi connectivity index (χ1n) is 5.19. The molecule has 0 unspecified atom stereocenters. The van der Waals surface area contributed by atoms with Crippen LogP contribution in [0.15, 0.2) is 41.0 Å². The Hall–Kier alpha value is -1.39. The first kappa shape index (κ1) is 12.1. The van der Waals surface area contributed by atoms with E-state index in [0.29, 0.717) is 5.88 Å². The van der Waals surface area contributed by atoms with E-state index < -0.39 is 0 Å². The van der Waals surface area contributed by atoms with Gasteiger partial charge < -0.3 is 9.84 Å². The first-order valence-corrected chi connectivity index (χ1v) is 5.98. The maximum absolute atomic E-state index is 8.91. The van der Waals surface area contributed by atoms with Gasteiger partial charge in [0.25, 0.3) is 0 Å². The molecule has 17 heavy (non-hydrogen) atoms. The zero-order valence-corrected chi connectivity index (χ0v) is 10.9. The van der Waals surface area contributed by atoms with Crippen LogP contribution >= 0.6 is 15.9 Å². The lowest BCUT2D eigenvalue weighted by Gasteiger charge is -2.08. The third kappa shape index (κ3) is 3.05. The topological polar surface area (TPSA) is 42.4 Å². The molecule has 1 aromatic carbocycles. The van der Waals surface area contributed by atoms with Crippen molar-refractivity contribution in [3.8, 4) is 11.6 Å². The molecular weight excluding hydrogens is 282 g/mol. The molecule has 1 aromatic heterocycles. The number of aryl methyl sites for hydroxylation is 1. The van der Waals surface area contributed by atoms with Gasteiger partial charge in [-0.2, -0.15) is 0 Å². The largest absolute Gasteiger partial charge is 0.439 e. The number of hydrogen-bond acceptors (Lipinski definition) is 3. The standard InChI is InChI=1S/C13H12BrNO2/c1-9-6-11(14)3-4-12(9)17-13-5-2-10(8-16)7-15-13/h2-7,16H,8H2,1H3. The minimum absolute atomic E-state index is 0.00933. The van der Waals surface area contributed by atoms with Gasteiger partial charge >= 0.3 is 0 Å². The number of aliphatic hydroxyl groups is 1. The summed E-state index contributed by atoms with van der Waals surface area (Å²) in [6.07, 6.45) is 1.60. The van der Waals surface area contributed by atoms with E-state index in [1.165, 1.54) is 0 Å². The number of nitrogens with zero attached hydrogens (tertiary/aromatic N) is 1. The van der Waals surface area contributed by atoms with Crippen LogP contribution in [0.1, 0.15) is 11.1 Å². The summed E-state index contributed by atoms with van der Waals surface area (Å²) in [5.41, 5.74) is 1.80. The van der Waals surface area contributed by atoms with Crippen molar-refractivity contribution in [2.45, 2.75) is 13.5 Å². The van der Waals surface area contributed by atoms with Gasteiger partial charge in [0.05, 0.1) is 6.61 Å². The molecule has 4 heteroatoms. The molecule has 0 bridgehead atoms.